The number of carbonyl (C=O) groups is 2. The fraction of sp³-hybridized carbons (Fsp3) is 0.167. The Bertz CT molecular complexity index is 1060. The average molecular weight is 464 g/mol. The Kier molecular flexibility index (Phi) is 6.14. The fourth-order valence-electron chi connectivity index (χ4n) is 3.70. The van der Waals surface area contributed by atoms with Crippen LogP contribution in [0.2, 0.25) is 0 Å². The second-order valence-corrected chi connectivity index (χ2v) is 8.14. The first-order valence-corrected chi connectivity index (χ1v) is 10.7. The van der Waals surface area contributed by atoms with E-state index >= 15 is 0 Å². The van der Waals surface area contributed by atoms with Crippen LogP contribution in [0, 0.1) is 0 Å². The predicted molar refractivity (Wildman–Crippen MR) is 123 cm³/mol. The van der Waals surface area contributed by atoms with Crippen LogP contribution in [0.5, 0.6) is 0 Å². The molecular formula is C24H22BrN3O2. The van der Waals surface area contributed by atoms with Crippen LogP contribution in [0.25, 0.3) is 0 Å². The number of anilines is 2. The van der Waals surface area contributed by atoms with Gasteiger partial charge in [-0.1, -0.05) is 70.5 Å². The minimum atomic E-state index is -0.675. The Morgan fingerprint density at radius 3 is 2.53 bits per heavy atom. The largest absolute Gasteiger partial charge is 0.326 e. The summed E-state index contributed by atoms with van der Waals surface area (Å²) in [5, 5.41) is 5.70. The molecule has 1 aliphatic rings. The number of nitrogens with zero attached hydrogens (tertiary/aromatic N) is 1. The Labute approximate surface area is 184 Å². The van der Waals surface area contributed by atoms with Gasteiger partial charge >= 0.3 is 6.03 Å². The van der Waals surface area contributed by atoms with E-state index in [9.17, 15) is 9.59 Å². The number of carbonyl (C=O) groups excluding carboxylic acids is 2. The van der Waals surface area contributed by atoms with Crippen molar-refractivity contribution in [3.63, 3.8) is 0 Å². The number of hydrogen-bond donors (Lipinski definition) is 2. The second kappa shape index (κ2) is 9.13. The van der Waals surface area contributed by atoms with Gasteiger partial charge in [-0.05, 0) is 41.8 Å². The van der Waals surface area contributed by atoms with Gasteiger partial charge in [-0.3, -0.25) is 4.79 Å². The van der Waals surface area contributed by atoms with Crippen molar-refractivity contribution >= 4 is 39.2 Å². The molecule has 0 saturated carbocycles. The molecule has 0 spiro atoms. The molecule has 6 heteroatoms. The lowest BCUT2D eigenvalue weighted by Gasteiger charge is -2.25. The minimum Gasteiger partial charge on any atom is -0.326 e. The highest BCUT2D eigenvalue weighted by Crippen LogP contribution is 2.28. The van der Waals surface area contributed by atoms with Gasteiger partial charge in [-0.15, -0.1) is 0 Å². The summed E-state index contributed by atoms with van der Waals surface area (Å²) in [4.78, 5) is 27.9. The number of benzene rings is 3. The summed E-state index contributed by atoms with van der Waals surface area (Å²) < 4.78 is 0.867. The quantitative estimate of drug-likeness (QED) is 0.572. The monoisotopic (exact) mass is 463 g/mol. The van der Waals surface area contributed by atoms with Gasteiger partial charge in [0.2, 0.25) is 5.91 Å². The third-order valence-corrected chi connectivity index (χ3v) is 5.61. The van der Waals surface area contributed by atoms with Gasteiger partial charge in [0.25, 0.3) is 0 Å². The van der Waals surface area contributed by atoms with Gasteiger partial charge in [0.1, 0.15) is 6.04 Å². The van der Waals surface area contributed by atoms with E-state index < -0.39 is 12.1 Å². The highest BCUT2D eigenvalue weighted by Gasteiger charge is 2.31. The van der Waals surface area contributed by atoms with Gasteiger partial charge in [-0.25, -0.2) is 4.79 Å². The smallest absolute Gasteiger partial charge is 0.319 e. The molecule has 3 amide bonds. The highest BCUT2D eigenvalue weighted by molar-refractivity contribution is 9.10. The first kappa shape index (κ1) is 20.2. The van der Waals surface area contributed by atoms with Crippen LogP contribution >= 0.6 is 15.9 Å². The first-order valence-electron chi connectivity index (χ1n) is 9.86. The summed E-state index contributed by atoms with van der Waals surface area (Å²) >= 11 is 3.40. The number of fused-ring (bicyclic) bond motifs is 1. The molecule has 0 aromatic heterocycles. The molecule has 3 aromatic rings. The van der Waals surface area contributed by atoms with E-state index in [4.69, 9.17) is 0 Å². The Balaban J connectivity index is 1.53. The topological polar surface area (TPSA) is 61.4 Å². The van der Waals surface area contributed by atoms with Crippen molar-refractivity contribution in [3.05, 3.63) is 94.5 Å². The van der Waals surface area contributed by atoms with Crippen LogP contribution in [-0.2, 0) is 17.6 Å². The lowest BCUT2D eigenvalue weighted by Crippen LogP contribution is -2.50. The molecule has 4 rings (SSSR count). The SMILES string of the molecule is O=C(Nc1cccc(Br)c1)N[C@H](Cc1ccccc1)C(=O)N1CCc2ccccc21. The van der Waals surface area contributed by atoms with E-state index in [0.29, 0.717) is 18.7 Å². The molecule has 152 valence electrons. The molecule has 1 heterocycles. The molecular weight excluding hydrogens is 442 g/mol. The van der Waals surface area contributed by atoms with Gasteiger partial charge < -0.3 is 15.5 Å². The van der Waals surface area contributed by atoms with Crippen molar-refractivity contribution in [3.8, 4) is 0 Å². The van der Waals surface area contributed by atoms with E-state index in [1.807, 2.05) is 72.8 Å². The van der Waals surface area contributed by atoms with Gasteiger partial charge in [0, 0.05) is 28.8 Å². The molecule has 5 nitrogen and oxygen atoms in total. The van der Waals surface area contributed by atoms with Crippen LogP contribution < -0.4 is 15.5 Å². The predicted octanol–water partition coefficient (Wildman–Crippen LogP) is 4.77. The molecule has 0 aliphatic carbocycles. The van der Waals surface area contributed by atoms with E-state index in [1.165, 1.54) is 0 Å². The van der Waals surface area contributed by atoms with Crippen LogP contribution in [0.3, 0.4) is 0 Å². The summed E-state index contributed by atoms with van der Waals surface area (Å²) in [7, 11) is 0. The number of halogens is 1. The Morgan fingerprint density at radius 2 is 1.73 bits per heavy atom. The van der Waals surface area contributed by atoms with Crippen molar-refractivity contribution in [2.45, 2.75) is 18.9 Å². The summed E-state index contributed by atoms with van der Waals surface area (Å²) in [5.41, 5.74) is 3.73. The number of urea groups is 1. The molecule has 1 aliphatic heterocycles. The van der Waals surface area contributed by atoms with Crippen LogP contribution in [0.4, 0.5) is 16.2 Å². The summed E-state index contributed by atoms with van der Waals surface area (Å²) in [6.07, 6.45) is 1.24. The highest BCUT2D eigenvalue weighted by atomic mass is 79.9. The summed E-state index contributed by atoms with van der Waals surface area (Å²) in [6.45, 7) is 0.623. The minimum absolute atomic E-state index is 0.104. The Hall–Kier alpha value is -3.12. The lowest BCUT2D eigenvalue weighted by molar-refractivity contribution is -0.120. The maximum absolute atomic E-state index is 13.4. The standard InChI is InChI=1S/C24H22BrN3O2/c25-19-10-6-11-20(16-19)26-24(30)27-21(15-17-7-2-1-3-8-17)23(29)28-14-13-18-9-4-5-12-22(18)28/h1-12,16,21H,13-15H2,(H2,26,27,30)/t21-/m1/s1. The van der Waals surface area contributed by atoms with E-state index in [2.05, 4.69) is 26.6 Å². The maximum Gasteiger partial charge on any atom is 0.319 e. The van der Waals surface area contributed by atoms with Crippen LogP contribution in [0.1, 0.15) is 11.1 Å². The average Bonchev–Trinajstić information content (AvgIpc) is 3.18. The molecule has 0 unspecified atom stereocenters. The summed E-state index contributed by atoms with van der Waals surface area (Å²) in [6, 6.07) is 23.9. The van der Waals surface area contributed by atoms with Crippen molar-refractivity contribution in [2.24, 2.45) is 0 Å². The van der Waals surface area contributed by atoms with E-state index in [1.54, 1.807) is 11.0 Å². The summed E-state index contributed by atoms with van der Waals surface area (Å²) in [5.74, 6) is -0.104. The van der Waals surface area contributed by atoms with Crippen molar-refractivity contribution in [2.75, 3.05) is 16.8 Å². The van der Waals surface area contributed by atoms with Crippen LogP contribution in [-0.4, -0.2) is 24.5 Å². The fourth-order valence-corrected chi connectivity index (χ4v) is 4.10. The van der Waals surface area contributed by atoms with Gasteiger partial charge in [-0.2, -0.15) is 0 Å². The number of rotatable bonds is 5. The third kappa shape index (κ3) is 4.71. The number of para-hydroxylation sites is 1. The lowest BCUT2D eigenvalue weighted by atomic mass is 10.0. The maximum atomic E-state index is 13.4. The molecule has 30 heavy (non-hydrogen) atoms. The Morgan fingerprint density at radius 1 is 0.967 bits per heavy atom. The number of nitrogens with one attached hydrogen (secondary N) is 2. The van der Waals surface area contributed by atoms with Crippen molar-refractivity contribution in [1.29, 1.82) is 0 Å². The van der Waals surface area contributed by atoms with Gasteiger partial charge in [0.05, 0.1) is 0 Å². The van der Waals surface area contributed by atoms with Crippen LogP contribution in [0.15, 0.2) is 83.3 Å². The zero-order chi connectivity index (χ0) is 20.9. The molecule has 1 atom stereocenters. The molecule has 2 N–H and O–H groups in total. The van der Waals surface area contributed by atoms with Crippen molar-refractivity contribution in [1.82, 2.24) is 5.32 Å². The zero-order valence-corrected chi connectivity index (χ0v) is 17.9. The number of amides is 3. The normalized spacial score (nSPS) is 13.4. The number of hydrogen-bond acceptors (Lipinski definition) is 2. The molecule has 0 fully saturated rings. The second-order valence-electron chi connectivity index (χ2n) is 7.22. The van der Waals surface area contributed by atoms with Crippen molar-refractivity contribution < 1.29 is 9.59 Å². The van der Waals surface area contributed by atoms with Gasteiger partial charge in [0.15, 0.2) is 0 Å². The van der Waals surface area contributed by atoms with E-state index in [0.717, 1.165) is 27.7 Å². The molecule has 0 saturated heterocycles. The molecule has 0 radical (unpaired) electrons. The first-order chi connectivity index (χ1) is 14.6. The third-order valence-electron chi connectivity index (χ3n) is 5.12. The zero-order valence-electron chi connectivity index (χ0n) is 16.3. The van der Waals surface area contributed by atoms with E-state index in [-0.39, 0.29) is 5.91 Å². The molecule has 0 bridgehead atoms. The molecule has 3 aromatic carbocycles.